The Bertz CT molecular complexity index is 405. The second-order valence-corrected chi connectivity index (χ2v) is 2.91. The van der Waals surface area contributed by atoms with Crippen molar-refractivity contribution in [2.75, 3.05) is 5.73 Å². The first-order chi connectivity index (χ1) is 9.09. The summed E-state index contributed by atoms with van der Waals surface area (Å²) in [6.07, 6.45) is 0. The fourth-order valence-corrected chi connectivity index (χ4v) is 0.872. The van der Waals surface area contributed by atoms with Crippen LogP contribution in [0.2, 0.25) is 0 Å². The Balaban J connectivity index is -0.0000000453. The Kier molecular flexibility index (Phi) is 44.4. The van der Waals surface area contributed by atoms with E-state index in [9.17, 15) is 0 Å². The number of nitrogen functional groups attached to an aromatic ring is 1. The maximum atomic E-state index is 5.46. The number of nitrogens with two attached hydrogens (primary N) is 1. The average molecular weight is 562 g/mol. The van der Waals surface area contributed by atoms with Crippen LogP contribution in [0.5, 0.6) is 0 Å². The number of benzene rings is 1. The predicted molar refractivity (Wildman–Crippen MR) is 93.7 cm³/mol. The molecule has 0 bridgehead atoms. The molecule has 1 aromatic carbocycles. The van der Waals surface area contributed by atoms with Gasteiger partial charge in [-0.25, -0.2) is 0 Å². The zero-order valence-electron chi connectivity index (χ0n) is 15.2. The van der Waals surface area contributed by atoms with E-state index in [2.05, 4.69) is 24.0 Å². The topological polar surface area (TPSA) is 64.9 Å². The number of nitrogens with zero attached hydrogens (tertiary/aromatic N) is 2. The van der Waals surface area contributed by atoms with Gasteiger partial charge in [0.2, 0.25) is 5.89 Å². The predicted octanol–water partition coefficient (Wildman–Crippen LogP) is 4.13. The van der Waals surface area contributed by atoms with E-state index >= 15 is 0 Å². The molecule has 0 saturated carbocycles. The molecular formula is C16H28BN3OWY-. The summed E-state index contributed by atoms with van der Waals surface area (Å²) in [6, 6.07) is 7.53. The maximum Gasteiger partial charge on any atom is 2.00 e. The smallest absolute Gasteiger partial charge is 0.456 e. The van der Waals surface area contributed by atoms with Gasteiger partial charge in [-0.1, -0.05) is 45.5 Å². The molecule has 0 aliphatic heterocycles. The summed E-state index contributed by atoms with van der Waals surface area (Å²) in [5.41, 5.74) is 7.11. The van der Waals surface area contributed by atoms with Crippen LogP contribution in [0.25, 0.3) is 0 Å². The molecule has 0 fully saturated rings. The number of aromatic nitrogens is 2. The van der Waals surface area contributed by atoms with E-state index in [0.29, 0.717) is 11.8 Å². The van der Waals surface area contributed by atoms with Gasteiger partial charge in [0.1, 0.15) is 0 Å². The number of anilines is 1. The van der Waals surface area contributed by atoms with Crippen molar-refractivity contribution in [2.24, 2.45) is 0 Å². The standard InChI is InChI=1S/C7H8N.C4H5N2O.2C2H6.CH3.B.W.Y/c1-6-4-2-3-5-7(6)8;1-3-5-6-4(2)7-3;2*1-2;;;;/h2-5H,1,8H2;1H2,2H3;2*1-2H3;1H3;;;/q2*-1;;;-1;;+2;. The quantitative estimate of drug-likeness (QED) is 0.298. The third-order valence-corrected chi connectivity index (χ3v) is 1.62. The number of rotatable bonds is 0. The van der Waals surface area contributed by atoms with Crippen molar-refractivity contribution >= 4 is 14.1 Å². The average Bonchev–Trinajstić information content (AvgIpc) is 2.82. The fourth-order valence-electron chi connectivity index (χ4n) is 0.872. The number of para-hydroxylation sites is 1. The monoisotopic (exact) mass is 562 g/mol. The summed E-state index contributed by atoms with van der Waals surface area (Å²) in [6.45, 7) is 16.8. The van der Waals surface area contributed by atoms with E-state index in [1.54, 1.807) is 6.92 Å². The summed E-state index contributed by atoms with van der Waals surface area (Å²) in [7, 11) is 0. The summed E-state index contributed by atoms with van der Waals surface area (Å²) in [4.78, 5) is 0. The third-order valence-electron chi connectivity index (χ3n) is 1.62. The van der Waals surface area contributed by atoms with Gasteiger partial charge >= 0.3 is 21.1 Å². The van der Waals surface area contributed by atoms with Crippen molar-refractivity contribution in [3.8, 4) is 0 Å². The second kappa shape index (κ2) is 26.6. The molecule has 4 radical (unpaired) electrons. The summed E-state index contributed by atoms with van der Waals surface area (Å²) >= 11 is 0. The minimum Gasteiger partial charge on any atom is -0.456 e. The zero-order chi connectivity index (χ0) is 15.3. The minimum absolute atomic E-state index is 0. The van der Waals surface area contributed by atoms with Crippen LogP contribution in [0, 0.1) is 28.2 Å². The Morgan fingerprint density at radius 3 is 1.61 bits per heavy atom. The van der Waals surface area contributed by atoms with Gasteiger partial charge in [-0.3, -0.25) is 0 Å². The molecule has 0 amide bonds. The van der Waals surface area contributed by atoms with Gasteiger partial charge in [-0.2, -0.15) is 18.6 Å². The van der Waals surface area contributed by atoms with Gasteiger partial charge in [0.05, 0.1) is 5.89 Å². The molecule has 2 N–H and O–H groups in total. The van der Waals surface area contributed by atoms with Crippen LogP contribution in [0.1, 0.15) is 45.0 Å². The zero-order valence-corrected chi connectivity index (χ0v) is 20.9. The number of aryl methyl sites for hydroxylation is 1. The summed E-state index contributed by atoms with van der Waals surface area (Å²) in [5, 5.41) is 7.03. The van der Waals surface area contributed by atoms with Gasteiger partial charge in [-0.05, 0) is 0 Å². The SMILES string of the molecule is CC.CC.[B].[CH2-]c1ccccc1N.[CH2-]c1nnc(C)o1.[CH3-].[W+2].[Y]. The van der Waals surface area contributed by atoms with Crippen molar-refractivity contribution in [3.63, 3.8) is 0 Å². The minimum atomic E-state index is 0. The molecule has 23 heavy (non-hydrogen) atoms. The third kappa shape index (κ3) is 21.8. The van der Waals surface area contributed by atoms with Gasteiger partial charge < -0.3 is 24.5 Å². The van der Waals surface area contributed by atoms with Crippen molar-refractivity contribution in [1.29, 1.82) is 0 Å². The summed E-state index contributed by atoms with van der Waals surface area (Å²) < 4.78 is 4.75. The van der Waals surface area contributed by atoms with Crippen molar-refractivity contribution < 1.29 is 58.2 Å². The van der Waals surface area contributed by atoms with Crippen LogP contribution < -0.4 is 5.73 Å². The Morgan fingerprint density at radius 1 is 1.00 bits per heavy atom. The molecule has 0 atom stereocenters. The Labute approximate surface area is 184 Å². The van der Waals surface area contributed by atoms with Gasteiger partial charge in [0.25, 0.3) is 0 Å². The molecule has 126 valence electrons. The first-order valence-corrected chi connectivity index (χ1v) is 6.38. The van der Waals surface area contributed by atoms with E-state index in [1.165, 1.54) is 0 Å². The molecule has 2 rings (SSSR count). The van der Waals surface area contributed by atoms with E-state index < -0.39 is 0 Å². The Morgan fingerprint density at radius 2 is 1.43 bits per heavy atom. The molecule has 2 aromatic rings. The molecule has 0 aliphatic carbocycles. The summed E-state index contributed by atoms with van der Waals surface area (Å²) in [5.74, 6) is 0.933. The van der Waals surface area contributed by atoms with Gasteiger partial charge in [0, 0.05) is 48.0 Å². The van der Waals surface area contributed by atoms with E-state index in [-0.39, 0.29) is 69.6 Å². The first-order valence-electron chi connectivity index (χ1n) is 6.38. The molecule has 7 heteroatoms. The molecule has 1 aromatic heterocycles. The molecule has 0 aliphatic rings. The number of hydrogen-bond donors (Lipinski definition) is 1. The molecule has 0 saturated heterocycles. The normalized spacial score (nSPS) is 6.48. The molecule has 4 nitrogen and oxygen atoms in total. The van der Waals surface area contributed by atoms with Crippen molar-refractivity contribution in [3.05, 3.63) is 62.9 Å². The second-order valence-electron chi connectivity index (χ2n) is 2.91. The van der Waals surface area contributed by atoms with Gasteiger partial charge in [-0.15, -0.1) is 16.3 Å². The number of hydrogen-bond acceptors (Lipinski definition) is 4. The maximum absolute atomic E-state index is 5.46. The van der Waals surface area contributed by atoms with Crippen LogP contribution in [-0.2, 0) is 53.8 Å². The molecule has 0 spiro atoms. The fraction of sp³-hybridized carbons (Fsp3) is 0.312. The molecule has 1 heterocycles. The van der Waals surface area contributed by atoms with Crippen LogP contribution in [0.3, 0.4) is 0 Å². The largest absolute Gasteiger partial charge is 2.00 e. The van der Waals surface area contributed by atoms with E-state index in [4.69, 9.17) is 10.2 Å². The van der Waals surface area contributed by atoms with Crippen LogP contribution in [0.4, 0.5) is 5.69 Å². The van der Waals surface area contributed by atoms with Gasteiger partial charge in [0.15, 0.2) is 0 Å². The van der Waals surface area contributed by atoms with Crippen LogP contribution in [0.15, 0.2) is 28.7 Å². The Hall–Kier alpha value is -0.243. The van der Waals surface area contributed by atoms with Crippen molar-refractivity contribution in [1.82, 2.24) is 10.2 Å². The van der Waals surface area contributed by atoms with Crippen molar-refractivity contribution in [2.45, 2.75) is 34.6 Å². The molecular weight excluding hydrogens is 534 g/mol. The van der Waals surface area contributed by atoms with Crippen LogP contribution >= 0.6 is 0 Å². The first kappa shape index (κ1) is 38.4. The van der Waals surface area contributed by atoms with E-state index in [1.807, 2.05) is 52.0 Å². The van der Waals surface area contributed by atoms with E-state index in [0.717, 1.165) is 11.3 Å². The van der Waals surface area contributed by atoms with Crippen LogP contribution in [-0.4, -0.2) is 18.6 Å². The molecule has 0 unspecified atom stereocenters.